The molecule has 1 atom stereocenters. The summed E-state index contributed by atoms with van der Waals surface area (Å²) in [6.45, 7) is 2.92. The zero-order valence-corrected chi connectivity index (χ0v) is 14.8. The first kappa shape index (κ1) is 16.3. The molecule has 130 valence electrons. The Labute approximate surface area is 149 Å². The summed E-state index contributed by atoms with van der Waals surface area (Å²) in [4.78, 5) is 21.5. The van der Waals surface area contributed by atoms with Gasteiger partial charge in [0.25, 0.3) is 5.91 Å². The van der Waals surface area contributed by atoms with Crippen LogP contribution in [-0.4, -0.2) is 28.7 Å². The summed E-state index contributed by atoms with van der Waals surface area (Å²) in [6.07, 6.45) is 1.96. The summed E-state index contributed by atoms with van der Waals surface area (Å²) in [5.41, 5.74) is 1.60. The Morgan fingerprint density at radius 2 is 2.20 bits per heavy atom. The van der Waals surface area contributed by atoms with E-state index in [1.54, 1.807) is 34.4 Å². The maximum absolute atomic E-state index is 13.9. The van der Waals surface area contributed by atoms with Gasteiger partial charge < -0.3 is 9.74 Å². The summed E-state index contributed by atoms with van der Waals surface area (Å²) in [5, 5.41) is 6.25. The molecule has 25 heavy (non-hydrogen) atoms. The van der Waals surface area contributed by atoms with E-state index in [0.717, 1.165) is 22.6 Å². The smallest absolute Gasteiger partial charge is 0.270 e. The van der Waals surface area contributed by atoms with E-state index < -0.39 is 5.60 Å². The molecule has 0 aliphatic carbocycles. The lowest BCUT2D eigenvalue weighted by atomic mass is 9.86. The number of halogens is 1. The van der Waals surface area contributed by atoms with Crippen LogP contribution in [0.3, 0.4) is 0 Å². The van der Waals surface area contributed by atoms with E-state index in [1.165, 1.54) is 6.07 Å². The topological polar surface area (TPSA) is 41.9 Å². The Balaban J connectivity index is 1.53. The van der Waals surface area contributed by atoms with Crippen molar-refractivity contribution in [2.24, 2.45) is 5.16 Å². The van der Waals surface area contributed by atoms with Gasteiger partial charge in [0.1, 0.15) is 11.5 Å². The minimum Gasteiger partial charge on any atom is -0.378 e. The van der Waals surface area contributed by atoms with Gasteiger partial charge in [-0.25, -0.2) is 4.39 Å². The van der Waals surface area contributed by atoms with Crippen molar-refractivity contribution in [2.75, 3.05) is 6.54 Å². The Morgan fingerprint density at radius 1 is 1.36 bits per heavy atom. The molecule has 1 aromatic heterocycles. The van der Waals surface area contributed by atoms with Crippen LogP contribution in [0.1, 0.15) is 35.3 Å². The highest BCUT2D eigenvalue weighted by Crippen LogP contribution is 2.38. The number of likely N-dealkylation sites (tertiary alicyclic amines) is 1. The van der Waals surface area contributed by atoms with Crippen molar-refractivity contribution in [3.8, 4) is 0 Å². The zero-order valence-electron chi connectivity index (χ0n) is 14.0. The Kier molecular flexibility index (Phi) is 4.07. The van der Waals surface area contributed by atoms with Crippen LogP contribution < -0.4 is 0 Å². The van der Waals surface area contributed by atoms with Crippen molar-refractivity contribution in [3.63, 3.8) is 0 Å². The van der Waals surface area contributed by atoms with Crippen molar-refractivity contribution < 1.29 is 14.0 Å². The summed E-state index contributed by atoms with van der Waals surface area (Å²) in [5.74, 6) is -0.372. The van der Waals surface area contributed by atoms with E-state index in [2.05, 4.69) is 5.16 Å². The molecule has 1 aromatic carbocycles. The Morgan fingerprint density at radius 3 is 2.96 bits per heavy atom. The number of oxime groups is 1. The van der Waals surface area contributed by atoms with Crippen LogP contribution in [0.2, 0.25) is 0 Å². The lowest BCUT2D eigenvalue weighted by molar-refractivity contribution is -0.162. The van der Waals surface area contributed by atoms with Gasteiger partial charge in [0.2, 0.25) is 5.60 Å². The lowest BCUT2D eigenvalue weighted by Gasteiger charge is -2.37. The lowest BCUT2D eigenvalue weighted by Crippen LogP contribution is -2.53. The first-order valence-corrected chi connectivity index (χ1v) is 9.29. The monoisotopic (exact) mass is 358 g/mol. The average Bonchev–Trinajstić information content (AvgIpc) is 3.21. The molecule has 4 rings (SSSR count). The minimum atomic E-state index is -0.921. The van der Waals surface area contributed by atoms with E-state index in [1.807, 2.05) is 18.4 Å². The molecule has 0 bridgehead atoms. The van der Waals surface area contributed by atoms with Gasteiger partial charge in [-0.05, 0) is 36.4 Å². The quantitative estimate of drug-likeness (QED) is 0.835. The highest BCUT2D eigenvalue weighted by atomic mass is 32.1. The summed E-state index contributed by atoms with van der Waals surface area (Å²) in [7, 11) is 0. The Bertz CT molecular complexity index is 847. The van der Waals surface area contributed by atoms with Crippen molar-refractivity contribution in [2.45, 2.75) is 38.3 Å². The molecule has 0 radical (unpaired) electrons. The molecule has 0 N–H and O–H groups in total. The molecule has 3 heterocycles. The molecule has 2 aromatic rings. The van der Waals surface area contributed by atoms with Crippen molar-refractivity contribution in [1.82, 2.24) is 4.90 Å². The molecule has 0 saturated carbocycles. The van der Waals surface area contributed by atoms with E-state index in [9.17, 15) is 9.18 Å². The largest absolute Gasteiger partial charge is 0.378 e. The van der Waals surface area contributed by atoms with Gasteiger partial charge in [-0.3, -0.25) is 4.79 Å². The van der Waals surface area contributed by atoms with Gasteiger partial charge in [0.15, 0.2) is 0 Å². The van der Waals surface area contributed by atoms with Crippen LogP contribution in [0.25, 0.3) is 0 Å². The maximum Gasteiger partial charge on any atom is 0.270 e. The molecule has 2 aliphatic heterocycles. The summed E-state index contributed by atoms with van der Waals surface area (Å²) >= 11 is 1.62. The number of hydrogen-bond acceptors (Lipinski definition) is 4. The van der Waals surface area contributed by atoms with Crippen LogP contribution in [0.5, 0.6) is 0 Å². The number of benzene rings is 1. The van der Waals surface area contributed by atoms with E-state index in [4.69, 9.17) is 4.84 Å². The molecule has 1 spiro atoms. The SMILES string of the molecule is Cc1ccsc1C1=NOC2(CCCN(Cc3ccccc3F)C2=O)C1. The number of thiophene rings is 1. The van der Waals surface area contributed by atoms with Crippen LogP contribution >= 0.6 is 11.3 Å². The normalized spacial score (nSPS) is 23.0. The van der Waals surface area contributed by atoms with Gasteiger partial charge in [0, 0.05) is 31.5 Å². The molecular weight excluding hydrogens is 339 g/mol. The van der Waals surface area contributed by atoms with Crippen LogP contribution in [0.4, 0.5) is 4.39 Å². The molecule has 4 nitrogen and oxygen atoms in total. The van der Waals surface area contributed by atoms with Crippen molar-refractivity contribution in [3.05, 3.63) is 57.5 Å². The van der Waals surface area contributed by atoms with Crippen molar-refractivity contribution >= 4 is 23.0 Å². The highest BCUT2D eigenvalue weighted by molar-refractivity contribution is 7.12. The van der Waals surface area contributed by atoms with Crippen molar-refractivity contribution in [1.29, 1.82) is 0 Å². The fourth-order valence-electron chi connectivity index (χ4n) is 3.55. The van der Waals surface area contributed by atoms with E-state index >= 15 is 0 Å². The number of piperidine rings is 1. The predicted molar refractivity (Wildman–Crippen MR) is 95.1 cm³/mol. The fraction of sp³-hybridized carbons (Fsp3) is 0.368. The van der Waals surface area contributed by atoms with Gasteiger partial charge in [-0.1, -0.05) is 23.4 Å². The third kappa shape index (κ3) is 2.84. The second-order valence-electron chi connectivity index (χ2n) is 6.65. The number of carbonyl (C=O) groups is 1. The standard InChI is InChI=1S/C19H19FN2O2S/c1-13-7-10-25-17(13)16-11-19(24-21-16)8-4-9-22(18(19)23)12-14-5-2-3-6-15(14)20/h2-3,5-7,10H,4,8-9,11-12H2,1H3. The first-order chi connectivity index (χ1) is 12.1. The van der Waals surface area contributed by atoms with Crippen LogP contribution in [0.15, 0.2) is 40.9 Å². The summed E-state index contributed by atoms with van der Waals surface area (Å²) in [6, 6.07) is 8.63. The maximum atomic E-state index is 13.9. The zero-order chi connectivity index (χ0) is 17.4. The molecular formula is C19H19FN2O2S. The summed E-state index contributed by atoms with van der Waals surface area (Å²) < 4.78 is 13.9. The number of carbonyl (C=O) groups excluding carboxylic acids is 1. The molecule has 2 aliphatic rings. The van der Waals surface area contributed by atoms with Gasteiger partial charge >= 0.3 is 0 Å². The second kappa shape index (κ2) is 6.26. The third-order valence-electron chi connectivity index (χ3n) is 4.91. The second-order valence-corrected chi connectivity index (χ2v) is 7.57. The molecule has 1 amide bonds. The van der Waals surface area contributed by atoms with Crippen LogP contribution in [-0.2, 0) is 16.2 Å². The third-order valence-corrected chi connectivity index (χ3v) is 5.98. The number of amides is 1. The predicted octanol–water partition coefficient (Wildman–Crippen LogP) is 3.88. The molecule has 1 fully saturated rings. The van der Waals surface area contributed by atoms with Crippen LogP contribution in [0, 0.1) is 12.7 Å². The van der Waals surface area contributed by atoms with Gasteiger partial charge in [-0.15, -0.1) is 11.3 Å². The van der Waals surface area contributed by atoms with Gasteiger partial charge in [-0.2, -0.15) is 0 Å². The number of aryl methyl sites for hydroxylation is 1. The van der Waals surface area contributed by atoms with Gasteiger partial charge in [0.05, 0.1) is 4.88 Å². The molecule has 1 unspecified atom stereocenters. The minimum absolute atomic E-state index is 0.0880. The average molecular weight is 358 g/mol. The fourth-order valence-corrected chi connectivity index (χ4v) is 4.46. The van der Waals surface area contributed by atoms with E-state index in [0.29, 0.717) is 24.9 Å². The molecule has 1 saturated heterocycles. The first-order valence-electron chi connectivity index (χ1n) is 8.41. The molecule has 6 heteroatoms. The number of nitrogens with zero attached hydrogens (tertiary/aromatic N) is 2. The Hall–Kier alpha value is -2.21. The van der Waals surface area contributed by atoms with E-state index in [-0.39, 0.29) is 18.3 Å². The highest BCUT2D eigenvalue weighted by Gasteiger charge is 2.51. The number of hydrogen-bond donors (Lipinski definition) is 0. The number of rotatable bonds is 3.